The van der Waals surface area contributed by atoms with Gasteiger partial charge in [0.1, 0.15) is 5.82 Å². The van der Waals surface area contributed by atoms with Gasteiger partial charge < -0.3 is 5.32 Å². The zero-order valence-electron chi connectivity index (χ0n) is 10.9. The van der Waals surface area contributed by atoms with Gasteiger partial charge in [-0.2, -0.15) is 0 Å². The molecule has 0 aliphatic carbocycles. The zero-order valence-corrected chi connectivity index (χ0v) is 14.0. The molecule has 1 aromatic heterocycles. The van der Waals surface area contributed by atoms with E-state index in [2.05, 4.69) is 61.0 Å². The molecule has 0 aliphatic heterocycles. The molecule has 1 aromatic carbocycles. The molecule has 3 nitrogen and oxygen atoms in total. The number of aryl methyl sites for hydroxylation is 1. The maximum atomic E-state index is 4.63. The summed E-state index contributed by atoms with van der Waals surface area (Å²) in [7, 11) is 0. The second kappa shape index (κ2) is 6.48. The third-order valence-corrected chi connectivity index (χ3v) is 4.01. The van der Waals surface area contributed by atoms with Crippen LogP contribution in [0.3, 0.4) is 0 Å². The fraction of sp³-hybridized carbons (Fsp3) is 0.286. The molecule has 0 radical (unpaired) electrons. The van der Waals surface area contributed by atoms with Gasteiger partial charge in [0.15, 0.2) is 5.82 Å². The molecule has 0 fully saturated rings. The van der Waals surface area contributed by atoms with Gasteiger partial charge >= 0.3 is 0 Å². The van der Waals surface area contributed by atoms with Gasteiger partial charge in [-0.1, -0.05) is 35.0 Å². The van der Waals surface area contributed by atoms with Crippen molar-refractivity contribution < 1.29 is 0 Å². The second-order valence-electron chi connectivity index (χ2n) is 4.05. The predicted octanol–water partition coefficient (Wildman–Crippen LogP) is 4.66. The Morgan fingerprint density at radius 3 is 2.58 bits per heavy atom. The number of hydrogen-bond acceptors (Lipinski definition) is 3. The summed E-state index contributed by atoms with van der Waals surface area (Å²) in [5.41, 5.74) is 2.02. The summed E-state index contributed by atoms with van der Waals surface area (Å²) in [4.78, 5) is 9.22. The van der Waals surface area contributed by atoms with E-state index in [9.17, 15) is 0 Å². The van der Waals surface area contributed by atoms with Gasteiger partial charge in [0, 0.05) is 16.6 Å². The molecule has 0 atom stereocenters. The summed E-state index contributed by atoms with van der Waals surface area (Å²) >= 11 is 7.05. The molecule has 0 aliphatic rings. The largest absolute Gasteiger partial charge is 0.369 e. The van der Waals surface area contributed by atoms with E-state index in [0.29, 0.717) is 0 Å². The molecule has 0 unspecified atom stereocenters. The predicted molar refractivity (Wildman–Crippen MR) is 86.4 cm³/mol. The zero-order chi connectivity index (χ0) is 13.8. The minimum Gasteiger partial charge on any atom is -0.369 e. The van der Waals surface area contributed by atoms with Crippen LogP contribution in [-0.4, -0.2) is 16.5 Å². The summed E-state index contributed by atoms with van der Waals surface area (Å²) in [6.45, 7) is 4.98. The number of halogens is 2. The maximum absolute atomic E-state index is 4.63. The Hall–Kier alpha value is -0.940. The van der Waals surface area contributed by atoms with Crippen LogP contribution in [0.15, 0.2) is 33.2 Å². The van der Waals surface area contributed by atoms with Gasteiger partial charge in [0.05, 0.1) is 10.2 Å². The van der Waals surface area contributed by atoms with E-state index >= 15 is 0 Å². The van der Waals surface area contributed by atoms with Crippen LogP contribution in [0.1, 0.15) is 19.5 Å². The van der Waals surface area contributed by atoms with E-state index in [4.69, 9.17) is 0 Å². The lowest BCUT2D eigenvalue weighted by molar-refractivity contribution is 0.984. The van der Waals surface area contributed by atoms with Crippen LogP contribution in [0.25, 0.3) is 11.4 Å². The van der Waals surface area contributed by atoms with Crippen molar-refractivity contribution in [1.29, 1.82) is 0 Å². The molecule has 1 heterocycles. The summed E-state index contributed by atoms with van der Waals surface area (Å²) in [6.07, 6.45) is 0.864. The molecule has 100 valence electrons. The molecule has 0 saturated carbocycles. The molecular weight excluding hydrogens is 370 g/mol. The molecule has 0 bridgehead atoms. The molecule has 2 rings (SSSR count). The topological polar surface area (TPSA) is 37.8 Å². The average Bonchev–Trinajstić information content (AvgIpc) is 2.41. The van der Waals surface area contributed by atoms with Crippen molar-refractivity contribution in [2.45, 2.75) is 20.3 Å². The van der Waals surface area contributed by atoms with Gasteiger partial charge in [-0.3, -0.25) is 0 Å². The minimum absolute atomic E-state index is 0.748. The standard InChI is InChI=1S/C14H15Br2N3/c1-3-11-12(16)14(17-4-2)19-13(18-11)9-6-5-7-10(15)8-9/h5-8H,3-4H2,1-2H3,(H,17,18,19). The smallest absolute Gasteiger partial charge is 0.161 e. The Labute approximate surface area is 130 Å². The number of aromatic nitrogens is 2. The number of nitrogens with zero attached hydrogens (tertiary/aromatic N) is 2. The van der Waals surface area contributed by atoms with Crippen LogP contribution in [0.4, 0.5) is 5.82 Å². The summed E-state index contributed by atoms with van der Waals surface area (Å²) < 4.78 is 1.98. The Balaban J connectivity index is 2.54. The highest BCUT2D eigenvalue weighted by molar-refractivity contribution is 9.11. The van der Waals surface area contributed by atoms with Crippen molar-refractivity contribution in [3.8, 4) is 11.4 Å². The molecular formula is C14H15Br2N3. The van der Waals surface area contributed by atoms with Crippen molar-refractivity contribution in [2.24, 2.45) is 0 Å². The van der Waals surface area contributed by atoms with Gasteiger partial charge in [-0.05, 0) is 41.4 Å². The van der Waals surface area contributed by atoms with Crippen LogP contribution >= 0.6 is 31.9 Å². The van der Waals surface area contributed by atoms with E-state index in [1.54, 1.807) is 0 Å². The fourth-order valence-electron chi connectivity index (χ4n) is 1.77. The highest BCUT2D eigenvalue weighted by Gasteiger charge is 2.12. The van der Waals surface area contributed by atoms with Crippen molar-refractivity contribution >= 4 is 37.7 Å². The minimum atomic E-state index is 0.748. The Bertz CT molecular complexity index is 585. The first-order chi connectivity index (χ1) is 9.15. The molecule has 0 saturated heterocycles. The molecule has 5 heteroatoms. The van der Waals surface area contributed by atoms with Crippen LogP contribution in [0.5, 0.6) is 0 Å². The first kappa shape index (κ1) is 14.5. The maximum Gasteiger partial charge on any atom is 0.161 e. The van der Waals surface area contributed by atoms with Crippen molar-refractivity contribution in [3.63, 3.8) is 0 Å². The second-order valence-corrected chi connectivity index (χ2v) is 5.76. The summed E-state index contributed by atoms with van der Waals surface area (Å²) in [5, 5.41) is 3.27. The number of nitrogens with one attached hydrogen (secondary N) is 1. The van der Waals surface area contributed by atoms with E-state index in [0.717, 1.165) is 44.8 Å². The highest BCUT2D eigenvalue weighted by atomic mass is 79.9. The Kier molecular flexibility index (Phi) is 4.93. The first-order valence-corrected chi connectivity index (χ1v) is 7.80. The van der Waals surface area contributed by atoms with Crippen LogP contribution in [-0.2, 0) is 6.42 Å². The van der Waals surface area contributed by atoms with Gasteiger partial charge in [-0.15, -0.1) is 0 Å². The number of rotatable bonds is 4. The SMILES string of the molecule is CCNc1nc(-c2cccc(Br)c2)nc(CC)c1Br. The lowest BCUT2D eigenvalue weighted by atomic mass is 10.2. The van der Waals surface area contributed by atoms with Crippen molar-refractivity contribution in [3.05, 3.63) is 38.9 Å². The van der Waals surface area contributed by atoms with E-state index < -0.39 is 0 Å². The fourth-order valence-corrected chi connectivity index (χ4v) is 2.77. The normalized spacial score (nSPS) is 10.5. The van der Waals surface area contributed by atoms with E-state index in [1.807, 2.05) is 24.3 Å². The van der Waals surface area contributed by atoms with Crippen molar-refractivity contribution in [1.82, 2.24) is 9.97 Å². The summed E-state index contributed by atoms with van der Waals surface area (Å²) in [6, 6.07) is 8.03. The molecule has 2 aromatic rings. The van der Waals surface area contributed by atoms with Gasteiger partial charge in [0.2, 0.25) is 0 Å². The van der Waals surface area contributed by atoms with Gasteiger partial charge in [0.25, 0.3) is 0 Å². The number of benzene rings is 1. The van der Waals surface area contributed by atoms with Crippen molar-refractivity contribution in [2.75, 3.05) is 11.9 Å². The summed E-state index contributed by atoms with van der Waals surface area (Å²) in [5.74, 6) is 1.60. The first-order valence-electron chi connectivity index (χ1n) is 6.22. The quantitative estimate of drug-likeness (QED) is 0.832. The monoisotopic (exact) mass is 383 g/mol. The van der Waals surface area contributed by atoms with E-state index in [-0.39, 0.29) is 0 Å². The number of anilines is 1. The lowest BCUT2D eigenvalue weighted by Crippen LogP contribution is -2.05. The average molecular weight is 385 g/mol. The Morgan fingerprint density at radius 2 is 1.95 bits per heavy atom. The molecule has 19 heavy (non-hydrogen) atoms. The lowest BCUT2D eigenvalue weighted by Gasteiger charge is -2.11. The Morgan fingerprint density at radius 1 is 1.16 bits per heavy atom. The third kappa shape index (κ3) is 3.34. The highest BCUT2D eigenvalue weighted by Crippen LogP contribution is 2.28. The molecule has 0 spiro atoms. The van der Waals surface area contributed by atoms with Crippen LogP contribution < -0.4 is 5.32 Å². The van der Waals surface area contributed by atoms with Crippen LogP contribution in [0.2, 0.25) is 0 Å². The van der Waals surface area contributed by atoms with Gasteiger partial charge in [-0.25, -0.2) is 9.97 Å². The third-order valence-electron chi connectivity index (χ3n) is 2.68. The molecule has 1 N–H and O–H groups in total. The van der Waals surface area contributed by atoms with E-state index in [1.165, 1.54) is 0 Å². The molecule has 0 amide bonds. The van der Waals surface area contributed by atoms with Crippen LogP contribution in [0, 0.1) is 0 Å². The number of hydrogen-bond donors (Lipinski definition) is 1.